The molecule has 0 bridgehead atoms. The molecule has 0 fully saturated rings. The Bertz CT molecular complexity index is 394. The van der Waals surface area contributed by atoms with Crippen molar-refractivity contribution in [3.05, 3.63) is 17.5 Å². The minimum Gasteiger partial charge on any atom is -0.389 e. The summed E-state index contributed by atoms with van der Waals surface area (Å²) in [6, 6.07) is 0. The quantitative estimate of drug-likeness (QED) is 0.798. The first-order valence-electron chi connectivity index (χ1n) is 7.17. The molecule has 0 spiro atoms. The van der Waals surface area contributed by atoms with E-state index in [-0.39, 0.29) is 0 Å². The van der Waals surface area contributed by atoms with E-state index in [9.17, 15) is 5.11 Å². The van der Waals surface area contributed by atoms with Gasteiger partial charge in [-0.3, -0.25) is 4.68 Å². The van der Waals surface area contributed by atoms with E-state index in [1.165, 1.54) is 5.56 Å². The third-order valence-electron chi connectivity index (χ3n) is 3.15. The zero-order chi connectivity index (χ0) is 14.6. The van der Waals surface area contributed by atoms with Crippen molar-refractivity contribution in [1.82, 2.24) is 15.1 Å². The van der Waals surface area contributed by atoms with Gasteiger partial charge in [-0.15, -0.1) is 0 Å². The summed E-state index contributed by atoms with van der Waals surface area (Å²) in [6.45, 7) is 11.8. The van der Waals surface area contributed by atoms with Crippen molar-refractivity contribution in [2.75, 3.05) is 6.54 Å². The highest BCUT2D eigenvalue weighted by Crippen LogP contribution is 2.18. The van der Waals surface area contributed by atoms with E-state index in [2.05, 4.69) is 44.3 Å². The van der Waals surface area contributed by atoms with Gasteiger partial charge in [-0.25, -0.2) is 0 Å². The Kier molecular flexibility index (Phi) is 5.56. The summed E-state index contributed by atoms with van der Waals surface area (Å²) in [5.41, 5.74) is 1.71. The van der Waals surface area contributed by atoms with Gasteiger partial charge in [0.05, 0.1) is 11.3 Å². The van der Waals surface area contributed by atoms with Crippen LogP contribution < -0.4 is 5.32 Å². The molecule has 0 aliphatic heterocycles. The molecular formula is C15H29N3O. The fraction of sp³-hybridized carbons (Fsp3) is 0.800. The lowest BCUT2D eigenvalue weighted by Gasteiger charge is -2.25. The maximum atomic E-state index is 10.3. The van der Waals surface area contributed by atoms with Gasteiger partial charge in [0.2, 0.25) is 0 Å². The monoisotopic (exact) mass is 267 g/mol. The molecule has 19 heavy (non-hydrogen) atoms. The van der Waals surface area contributed by atoms with Crippen LogP contribution in [0, 0.1) is 5.92 Å². The summed E-state index contributed by atoms with van der Waals surface area (Å²) >= 11 is 0. The molecule has 1 aromatic heterocycles. The van der Waals surface area contributed by atoms with Crippen molar-refractivity contribution < 1.29 is 5.11 Å². The van der Waals surface area contributed by atoms with Crippen LogP contribution in [0.4, 0.5) is 0 Å². The van der Waals surface area contributed by atoms with Gasteiger partial charge in [-0.1, -0.05) is 27.7 Å². The fourth-order valence-electron chi connectivity index (χ4n) is 2.60. The molecule has 4 heteroatoms. The molecule has 0 aliphatic rings. The number of nitrogens with zero attached hydrogens (tertiary/aromatic N) is 2. The Labute approximate surface area is 117 Å². The minimum absolute atomic E-state index is 0.425. The van der Waals surface area contributed by atoms with Gasteiger partial charge < -0.3 is 10.4 Å². The van der Waals surface area contributed by atoms with E-state index in [1.54, 1.807) is 0 Å². The molecule has 0 saturated carbocycles. The van der Waals surface area contributed by atoms with Crippen LogP contribution in [-0.4, -0.2) is 27.0 Å². The van der Waals surface area contributed by atoms with Gasteiger partial charge in [-0.05, 0) is 25.2 Å². The van der Waals surface area contributed by atoms with Crippen molar-refractivity contribution in [3.63, 3.8) is 0 Å². The van der Waals surface area contributed by atoms with E-state index in [0.717, 1.165) is 18.7 Å². The number of aliphatic hydroxyl groups is 1. The highest BCUT2D eigenvalue weighted by Gasteiger charge is 2.21. The maximum absolute atomic E-state index is 10.3. The molecule has 1 heterocycles. The number of hydrogen-bond donors (Lipinski definition) is 2. The first-order chi connectivity index (χ1) is 8.71. The van der Waals surface area contributed by atoms with E-state index in [4.69, 9.17) is 0 Å². The second-order valence-corrected chi connectivity index (χ2v) is 6.57. The van der Waals surface area contributed by atoms with E-state index >= 15 is 0 Å². The molecule has 0 saturated heterocycles. The summed E-state index contributed by atoms with van der Waals surface area (Å²) < 4.78 is 1.86. The van der Waals surface area contributed by atoms with Crippen molar-refractivity contribution in [1.29, 1.82) is 0 Å². The lowest BCUT2D eigenvalue weighted by molar-refractivity contribution is 0.0383. The largest absolute Gasteiger partial charge is 0.389 e. The van der Waals surface area contributed by atoms with Crippen LogP contribution in [-0.2, 0) is 13.6 Å². The smallest absolute Gasteiger partial charge is 0.0746 e. The summed E-state index contributed by atoms with van der Waals surface area (Å²) in [4.78, 5) is 0. The molecule has 1 unspecified atom stereocenters. The number of aromatic nitrogens is 2. The molecule has 1 atom stereocenters. The second kappa shape index (κ2) is 6.53. The first-order valence-corrected chi connectivity index (χ1v) is 7.17. The molecule has 1 rings (SSSR count). The molecule has 0 aliphatic carbocycles. The Morgan fingerprint density at radius 2 is 2.00 bits per heavy atom. The fourth-order valence-corrected chi connectivity index (χ4v) is 2.60. The molecule has 1 aromatic rings. The van der Waals surface area contributed by atoms with Gasteiger partial charge in [0.25, 0.3) is 0 Å². The van der Waals surface area contributed by atoms with Crippen molar-refractivity contribution in [3.8, 4) is 0 Å². The predicted molar refractivity (Wildman–Crippen MR) is 79.1 cm³/mol. The third-order valence-corrected chi connectivity index (χ3v) is 3.15. The van der Waals surface area contributed by atoms with Gasteiger partial charge in [0.15, 0.2) is 0 Å². The molecule has 0 amide bonds. The maximum Gasteiger partial charge on any atom is 0.0746 e. The zero-order valence-corrected chi connectivity index (χ0v) is 13.2. The summed E-state index contributed by atoms with van der Waals surface area (Å²) in [7, 11) is 1.95. The Morgan fingerprint density at radius 3 is 2.53 bits per heavy atom. The summed E-state index contributed by atoms with van der Waals surface area (Å²) in [5, 5.41) is 18.1. The minimum atomic E-state index is -0.644. The topological polar surface area (TPSA) is 50.1 Å². The number of hydrogen-bond acceptors (Lipinski definition) is 3. The summed E-state index contributed by atoms with van der Waals surface area (Å²) in [5.74, 6) is 0.926. The van der Waals surface area contributed by atoms with E-state index in [1.807, 2.05) is 18.7 Å². The van der Waals surface area contributed by atoms with Crippen LogP contribution in [0.2, 0.25) is 0 Å². The lowest BCUT2D eigenvalue weighted by atomic mass is 9.94. The number of rotatable bonds is 7. The highest BCUT2D eigenvalue weighted by atomic mass is 16.3. The average molecular weight is 267 g/mol. The zero-order valence-electron chi connectivity index (χ0n) is 13.2. The van der Waals surface area contributed by atoms with Crippen LogP contribution in [0.15, 0.2) is 6.20 Å². The SMILES string of the molecule is CC(C)CC(C)(O)CNCc1cn(C)nc1C(C)C. The van der Waals surface area contributed by atoms with Gasteiger partial charge >= 0.3 is 0 Å². The van der Waals surface area contributed by atoms with E-state index < -0.39 is 5.60 Å². The van der Waals surface area contributed by atoms with Crippen molar-refractivity contribution in [2.45, 2.75) is 59.1 Å². The number of nitrogens with one attached hydrogen (secondary N) is 1. The van der Waals surface area contributed by atoms with Crippen molar-refractivity contribution in [2.24, 2.45) is 13.0 Å². The molecular weight excluding hydrogens is 238 g/mol. The van der Waals surface area contributed by atoms with Crippen LogP contribution in [0.1, 0.15) is 58.2 Å². The van der Waals surface area contributed by atoms with Crippen molar-refractivity contribution >= 4 is 0 Å². The molecule has 0 radical (unpaired) electrons. The Hall–Kier alpha value is -0.870. The molecule has 110 valence electrons. The molecule has 0 aromatic carbocycles. The third kappa shape index (κ3) is 5.33. The van der Waals surface area contributed by atoms with Crippen LogP contribution in [0.25, 0.3) is 0 Å². The average Bonchev–Trinajstić information content (AvgIpc) is 2.57. The van der Waals surface area contributed by atoms with Gasteiger partial charge in [-0.2, -0.15) is 5.10 Å². The van der Waals surface area contributed by atoms with Gasteiger partial charge in [0, 0.05) is 31.9 Å². The molecule has 4 nitrogen and oxygen atoms in total. The Balaban J connectivity index is 2.53. The lowest BCUT2D eigenvalue weighted by Crippen LogP contribution is -2.38. The standard InChI is InChI=1S/C15H29N3O/c1-11(2)7-15(5,19)10-16-8-13-9-18(6)17-14(13)12(3)4/h9,11-12,16,19H,7-8,10H2,1-6H3. The van der Waals surface area contributed by atoms with Crippen LogP contribution >= 0.6 is 0 Å². The van der Waals surface area contributed by atoms with Crippen LogP contribution in [0.3, 0.4) is 0 Å². The normalized spacial score (nSPS) is 15.2. The highest BCUT2D eigenvalue weighted by molar-refractivity contribution is 5.19. The summed E-state index contributed by atoms with van der Waals surface area (Å²) in [6.07, 6.45) is 2.86. The van der Waals surface area contributed by atoms with Gasteiger partial charge in [0.1, 0.15) is 0 Å². The second-order valence-electron chi connectivity index (χ2n) is 6.57. The molecule has 2 N–H and O–H groups in total. The van der Waals surface area contributed by atoms with E-state index in [0.29, 0.717) is 18.4 Å². The predicted octanol–water partition coefficient (Wildman–Crippen LogP) is 2.43. The van der Waals surface area contributed by atoms with Crippen LogP contribution in [0.5, 0.6) is 0 Å². The Morgan fingerprint density at radius 1 is 1.37 bits per heavy atom. The first kappa shape index (κ1) is 16.2. The number of aryl methyl sites for hydroxylation is 1.